The summed E-state index contributed by atoms with van der Waals surface area (Å²) < 4.78 is 33.0. The Bertz CT molecular complexity index is 1020. The smallest absolute Gasteiger partial charge is 0.310 e. The maximum Gasteiger partial charge on any atom is 0.310 e. The van der Waals surface area contributed by atoms with Crippen molar-refractivity contribution in [2.24, 2.45) is 11.8 Å². The normalized spacial score (nSPS) is 25.9. The Kier molecular flexibility index (Phi) is 4.39. The van der Waals surface area contributed by atoms with Crippen LogP contribution in [0, 0.1) is 11.8 Å². The Morgan fingerprint density at radius 2 is 1.80 bits per heavy atom. The lowest BCUT2D eigenvalue weighted by molar-refractivity contribution is -0.141. The summed E-state index contributed by atoms with van der Waals surface area (Å²) in [5.74, 6) is 0.888. The number of hydrogen-bond acceptors (Lipinski definition) is 8. The molecule has 158 valence electrons. The average molecular weight is 414 g/mol. The van der Waals surface area contributed by atoms with Gasteiger partial charge in [0, 0.05) is 17.4 Å². The third-order valence-corrected chi connectivity index (χ3v) is 6.21. The second-order valence-corrected chi connectivity index (χ2v) is 7.50. The third kappa shape index (κ3) is 2.53. The largest absolute Gasteiger partial charge is 0.493 e. The van der Waals surface area contributed by atoms with Crippen molar-refractivity contribution < 1.29 is 38.3 Å². The molecule has 2 aromatic rings. The lowest BCUT2D eigenvalue weighted by atomic mass is 9.66. The molecule has 8 nitrogen and oxygen atoms in total. The van der Waals surface area contributed by atoms with Crippen LogP contribution in [-0.4, -0.2) is 45.8 Å². The van der Waals surface area contributed by atoms with Crippen molar-refractivity contribution in [2.45, 2.75) is 12.0 Å². The first-order valence-corrected chi connectivity index (χ1v) is 9.66. The number of ether oxygens (including phenoxy) is 6. The van der Waals surface area contributed by atoms with Crippen molar-refractivity contribution in [1.82, 2.24) is 0 Å². The van der Waals surface area contributed by atoms with E-state index in [2.05, 4.69) is 0 Å². The van der Waals surface area contributed by atoms with E-state index in [1.165, 1.54) is 7.11 Å². The molecule has 0 spiro atoms. The molecular formula is C22H22O8. The van der Waals surface area contributed by atoms with Crippen LogP contribution in [0.2, 0.25) is 0 Å². The van der Waals surface area contributed by atoms with E-state index in [0.717, 1.165) is 11.1 Å². The van der Waals surface area contributed by atoms with Gasteiger partial charge in [-0.05, 0) is 29.3 Å². The van der Waals surface area contributed by atoms with Crippen LogP contribution in [-0.2, 0) is 9.53 Å². The Labute approximate surface area is 173 Å². The Morgan fingerprint density at radius 1 is 1.00 bits per heavy atom. The van der Waals surface area contributed by atoms with Crippen LogP contribution >= 0.6 is 0 Å². The maximum atomic E-state index is 12.7. The van der Waals surface area contributed by atoms with Gasteiger partial charge in [0.2, 0.25) is 12.5 Å². The van der Waals surface area contributed by atoms with Crippen LogP contribution in [0.4, 0.5) is 0 Å². The lowest BCUT2D eigenvalue weighted by Gasteiger charge is -2.37. The monoisotopic (exact) mass is 414 g/mol. The zero-order chi connectivity index (χ0) is 21.0. The summed E-state index contributed by atoms with van der Waals surface area (Å²) in [6.07, 6.45) is -0.933. The summed E-state index contributed by atoms with van der Waals surface area (Å²) >= 11 is 0. The average Bonchev–Trinajstić information content (AvgIpc) is 3.39. The molecule has 2 aromatic carbocycles. The molecule has 5 rings (SSSR count). The van der Waals surface area contributed by atoms with Crippen LogP contribution in [0.1, 0.15) is 28.7 Å². The molecule has 0 radical (unpaired) electrons. The number of cyclic esters (lactones) is 1. The van der Waals surface area contributed by atoms with Gasteiger partial charge in [0.1, 0.15) is 0 Å². The Hall–Kier alpha value is -3.13. The second kappa shape index (κ2) is 6.98. The van der Waals surface area contributed by atoms with Gasteiger partial charge in [-0.25, -0.2) is 0 Å². The quantitative estimate of drug-likeness (QED) is 0.763. The van der Waals surface area contributed by atoms with Gasteiger partial charge >= 0.3 is 5.97 Å². The number of aliphatic hydroxyl groups excluding tert-OH is 1. The van der Waals surface area contributed by atoms with Crippen LogP contribution in [0.5, 0.6) is 28.7 Å². The van der Waals surface area contributed by atoms with Crippen molar-refractivity contribution in [3.8, 4) is 28.7 Å². The highest BCUT2D eigenvalue weighted by atomic mass is 16.7. The lowest BCUT2D eigenvalue weighted by Crippen LogP contribution is -2.35. The fourth-order valence-electron chi connectivity index (χ4n) is 4.88. The van der Waals surface area contributed by atoms with Gasteiger partial charge < -0.3 is 33.5 Å². The summed E-state index contributed by atoms with van der Waals surface area (Å²) in [6, 6.07) is 7.38. The van der Waals surface area contributed by atoms with Gasteiger partial charge in [-0.3, -0.25) is 4.79 Å². The summed E-state index contributed by atoms with van der Waals surface area (Å²) in [6.45, 7) is 0.214. The molecular weight excluding hydrogens is 392 g/mol. The van der Waals surface area contributed by atoms with Gasteiger partial charge in [0.05, 0.1) is 40.0 Å². The van der Waals surface area contributed by atoms with Crippen molar-refractivity contribution in [1.29, 1.82) is 0 Å². The van der Waals surface area contributed by atoms with E-state index in [4.69, 9.17) is 28.4 Å². The molecule has 1 aliphatic carbocycles. The fraction of sp³-hybridized carbons (Fsp3) is 0.409. The molecule has 30 heavy (non-hydrogen) atoms. The maximum absolute atomic E-state index is 12.7. The zero-order valence-corrected chi connectivity index (χ0v) is 16.8. The number of fused-ring (bicyclic) bond motifs is 3. The molecule has 1 saturated heterocycles. The van der Waals surface area contributed by atoms with E-state index in [1.54, 1.807) is 20.3 Å². The van der Waals surface area contributed by atoms with E-state index in [9.17, 15) is 9.90 Å². The number of aliphatic hydroxyl groups is 1. The first-order chi connectivity index (χ1) is 14.6. The molecule has 2 aliphatic heterocycles. The van der Waals surface area contributed by atoms with Gasteiger partial charge in [-0.15, -0.1) is 0 Å². The first-order valence-electron chi connectivity index (χ1n) is 9.66. The number of carbonyl (C=O) groups is 1. The molecule has 0 bridgehead atoms. The van der Waals surface area contributed by atoms with E-state index < -0.39 is 17.9 Å². The van der Waals surface area contributed by atoms with Gasteiger partial charge in [-0.1, -0.05) is 6.07 Å². The molecule has 0 aromatic heterocycles. The van der Waals surface area contributed by atoms with Gasteiger partial charge in [0.25, 0.3) is 0 Å². The molecule has 1 N–H and O–H groups in total. The summed E-state index contributed by atoms with van der Waals surface area (Å²) in [4.78, 5) is 12.7. The van der Waals surface area contributed by atoms with Crippen molar-refractivity contribution in [3.05, 3.63) is 41.0 Å². The van der Waals surface area contributed by atoms with Crippen molar-refractivity contribution >= 4 is 5.97 Å². The van der Waals surface area contributed by atoms with E-state index in [-0.39, 0.29) is 25.3 Å². The highest BCUT2D eigenvalue weighted by molar-refractivity contribution is 5.79. The van der Waals surface area contributed by atoms with Crippen molar-refractivity contribution in [3.63, 3.8) is 0 Å². The molecule has 3 aliphatic rings. The highest BCUT2D eigenvalue weighted by Crippen LogP contribution is 2.58. The highest BCUT2D eigenvalue weighted by Gasteiger charge is 2.53. The standard InChI is InChI=1S/C22H22O8/c1-25-13-5-4-10(6-14(13)26-2)16-11-7-15-20(30-9-29-15)21(27-3)18(11)19(23)12-8-28-22(24)17(12)16/h4-7,12,16-17,19,23H,8-9H2,1-3H3/t12?,16-,17?,19-/m1/s1. The minimum absolute atomic E-state index is 0.0700. The topological polar surface area (TPSA) is 92.7 Å². The number of rotatable bonds is 4. The minimum atomic E-state index is -0.933. The van der Waals surface area contributed by atoms with Crippen LogP contribution < -0.4 is 23.7 Å². The fourth-order valence-corrected chi connectivity index (χ4v) is 4.88. The molecule has 2 unspecified atom stereocenters. The molecule has 4 atom stereocenters. The molecule has 0 saturated carbocycles. The Balaban J connectivity index is 1.76. The number of hydrogen-bond donors (Lipinski definition) is 1. The van der Waals surface area contributed by atoms with E-state index >= 15 is 0 Å². The summed E-state index contributed by atoms with van der Waals surface area (Å²) in [5.41, 5.74) is 2.19. The molecule has 8 heteroatoms. The third-order valence-electron chi connectivity index (χ3n) is 6.21. The molecule has 0 amide bonds. The Morgan fingerprint density at radius 3 is 2.53 bits per heavy atom. The number of esters is 1. The minimum Gasteiger partial charge on any atom is -0.493 e. The van der Waals surface area contributed by atoms with E-state index in [0.29, 0.717) is 34.3 Å². The number of benzene rings is 2. The van der Waals surface area contributed by atoms with E-state index in [1.807, 2.05) is 18.2 Å². The first kappa shape index (κ1) is 18.9. The predicted molar refractivity (Wildman–Crippen MR) is 103 cm³/mol. The SMILES string of the molecule is COc1ccc([C@@H]2c3cc4c(c(OC)c3[C@H](O)C3COC(=O)C32)OCO4)cc1OC. The summed E-state index contributed by atoms with van der Waals surface area (Å²) in [7, 11) is 4.66. The number of methoxy groups -OCH3 is 3. The van der Waals surface area contributed by atoms with Crippen molar-refractivity contribution in [2.75, 3.05) is 34.7 Å². The predicted octanol–water partition coefficient (Wildman–Crippen LogP) is 2.41. The van der Waals surface area contributed by atoms with Gasteiger partial charge in [0.15, 0.2) is 23.0 Å². The second-order valence-electron chi connectivity index (χ2n) is 7.50. The van der Waals surface area contributed by atoms with Gasteiger partial charge in [-0.2, -0.15) is 0 Å². The van der Waals surface area contributed by atoms with Crippen LogP contribution in [0.3, 0.4) is 0 Å². The zero-order valence-electron chi connectivity index (χ0n) is 16.8. The van der Waals surface area contributed by atoms with Crippen LogP contribution in [0.25, 0.3) is 0 Å². The molecule has 2 heterocycles. The van der Waals surface area contributed by atoms with Crippen LogP contribution in [0.15, 0.2) is 24.3 Å². The molecule has 1 fully saturated rings. The summed E-state index contributed by atoms with van der Waals surface area (Å²) in [5, 5.41) is 11.2. The number of carbonyl (C=O) groups excluding carboxylic acids is 1.